The van der Waals surface area contributed by atoms with Crippen molar-refractivity contribution >= 4 is 11.0 Å². The van der Waals surface area contributed by atoms with E-state index in [-0.39, 0.29) is 5.82 Å². The normalized spacial score (nSPS) is 10.7. The van der Waals surface area contributed by atoms with Gasteiger partial charge in [0.15, 0.2) is 6.33 Å². The molecule has 0 fully saturated rings. The number of fused-ring (bicyclic) bond motifs is 1. The second-order valence-electron chi connectivity index (χ2n) is 2.42. The second kappa shape index (κ2) is 2.05. The van der Waals surface area contributed by atoms with E-state index in [4.69, 9.17) is 0 Å². The fourth-order valence-corrected chi connectivity index (χ4v) is 1.06. The fraction of sp³-hybridized carbons (Fsp3) is 0.125. The standard InChI is InChI=1S/C8H6FN2/c1-5-6(9)2-3-7-8(5)11-4-10-7/h2-3H,1H3,(H,10,11). The van der Waals surface area contributed by atoms with Gasteiger partial charge >= 0.3 is 0 Å². The Hall–Kier alpha value is -1.38. The number of hydrogen-bond donors (Lipinski definition) is 1. The average Bonchev–Trinajstić information content (AvgIpc) is 2.45. The number of aromatic amines is 1. The van der Waals surface area contributed by atoms with Crippen LogP contribution in [0.2, 0.25) is 0 Å². The van der Waals surface area contributed by atoms with Gasteiger partial charge in [-0.25, -0.2) is 9.37 Å². The van der Waals surface area contributed by atoms with Crippen molar-refractivity contribution in [2.45, 2.75) is 6.92 Å². The van der Waals surface area contributed by atoms with E-state index >= 15 is 0 Å². The Morgan fingerprint density at radius 1 is 1.55 bits per heavy atom. The zero-order valence-corrected chi connectivity index (χ0v) is 5.98. The molecule has 1 aromatic carbocycles. The van der Waals surface area contributed by atoms with Crippen LogP contribution in [0, 0.1) is 19.1 Å². The molecule has 1 radical (unpaired) electrons. The lowest BCUT2D eigenvalue weighted by Gasteiger charge is -1.94. The number of aromatic nitrogens is 2. The Morgan fingerprint density at radius 2 is 2.36 bits per heavy atom. The molecule has 55 valence electrons. The highest BCUT2D eigenvalue weighted by Gasteiger charge is 2.03. The van der Waals surface area contributed by atoms with Gasteiger partial charge in [-0.05, 0) is 19.1 Å². The van der Waals surface area contributed by atoms with Crippen molar-refractivity contribution in [1.82, 2.24) is 9.97 Å². The molecule has 0 amide bonds. The van der Waals surface area contributed by atoms with Crippen molar-refractivity contribution in [3.05, 3.63) is 29.8 Å². The first kappa shape index (κ1) is 6.34. The molecule has 2 nitrogen and oxygen atoms in total. The summed E-state index contributed by atoms with van der Waals surface area (Å²) in [4.78, 5) is 6.64. The van der Waals surface area contributed by atoms with Crippen LogP contribution in [-0.4, -0.2) is 9.97 Å². The zero-order chi connectivity index (χ0) is 7.84. The molecule has 0 unspecified atom stereocenters. The molecule has 1 N–H and O–H groups in total. The minimum absolute atomic E-state index is 0.224. The van der Waals surface area contributed by atoms with Crippen LogP contribution in [0.1, 0.15) is 5.56 Å². The van der Waals surface area contributed by atoms with Crippen LogP contribution in [0.5, 0.6) is 0 Å². The SMILES string of the molecule is Cc1c(F)ccc2[nH][c]nc12. The molecule has 0 atom stereocenters. The van der Waals surface area contributed by atoms with E-state index in [1.165, 1.54) is 6.07 Å². The number of nitrogens with one attached hydrogen (secondary N) is 1. The highest BCUT2D eigenvalue weighted by atomic mass is 19.1. The Balaban J connectivity index is 2.93. The van der Waals surface area contributed by atoms with Crippen molar-refractivity contribution in [3.63, 3.8) is 0 Å². The van der Waals surface area contributed by atoms with E-state index in [1.807, 2.05) is 0 Å². The first-order valence-corrected chi connectivity index (χ1v) is 3.30. The van der Waals surface area contributed by atoms with Gasteiger partial charge in [-0.2, -0.15) is 0 Å². The maximum atomic E-state index is 12.9. The number of halogens is 1. The van der Waals surface area contributed by atoms with Crippen molar-refractivity contribution in [3.8, 4) is 0 Å². The van der Waals surface area contributed by atoms with Crippen molar-refractivity contribution in [2.24, 2.45) is 0 Å². The molecule has 2 aromatic rings. The van der Waals surface area contributed by atoms with Crippen LogP contribution in [0.3, 0.4) is 0 Å². The van der Waals surface area contributed by atoms with Gasteiger partial charge in [0.2, 0.25) is 0 Å². The van der Waals surface area contributed by atoms with Crippen molar-refractivity contribution < 1.29 is 4.39 Å². The number of hydrogen-bond acceptors (Lipinski definition) is 1. The van der Waals surface area contributed by atoms with E-state index < -0.39 is 0 Å². The molecule has 0 saturated heterocycles. The Labute approximate surface area is 63.1 Å². The summed E-state index contributed by atoms with van der Waals surface area (Å²) in [5.74, 6) is -0.224. The van der Waals surface area contributed by atoms with Gasteiger partial charge in [-0.3, -0.25) is 0 Å². The third-order valence-electron chi connectivity index (χ3n) is 1.72. The second-order valence-corrected chi connectivity index (χ2v) is 2.42. The summed E-state index contributed by atoms with van der Waals surface area (Å²) in [6.07, 6.45) is 2.56. The monoisotopic (exact) mass is 149 g/mol. The lowest BCUT2D eigenvalue weighted by molar-refractivity contribution is 0.620. The predicted octanol–water partition coefficient (Wildman–Crippen LogP) is 1.81. The topological polar surface area (TPSA) is 28.7 Å². The van der Waals surface area contributed by atoms with E-state index in [2.05, 4.69) is 16.3 Å². The number of imidazole rings is 1. The smallest absolute Gasteiger partial charge is 0.174 e. The van der Waals surface area contributed by atoms with Gasteiger partial charge < -0.3 is 4.98 Å². The lowest BCUT2D eigenvalue weighted by Crippen LogP contribution is -1.82. The molecule has 0 bridgehead atoms. The Kier molecular flexibility index (Phi) is 1.18. The van der Waals surface area contributed by atoms with Crippen LogP contribution in [0.4, 0.5) is 4.39 Å². The molecule has 0 saturated carbocycles. The van der Waals surface area contributed by atoms with Gasteiger partial charge in [0.05, 0.1) is 11.0 Å². The third-order valence-corrected chi connectivity index (χ3v) is 1.72. The molecule has 0 aliphatic rings. The lowest BCUT2D eigenvalue weighted by atomic mass is 10.2. The van der Waals surface area contributed by atoms with Gasteiger partial charge in [0.25, 0.3) is 0 Å². The van der Waals surface area contributed by atoms with Gasteiger partial charge in [0.1, 0.15) is 5.82 Å². The Bertz CT molecular complexity index is 392. The maximum absolute atomic E-state index is 12.9. The van der Waals surface area contributed by atoms with Crippen LogP contribution < -0.4 is 0 Å². The number of benzene rings is 1. The average molecular weight is 149 g/mol. The van der Waals surface area contributed by atoms with Gasteiger partial charge in [-0.15, -0.1) is 0 Å². The quantitative estimate of drug-likeness (QED) is 0.608. The van der Waals surface area contributed by atoms with Crippen LogP contribution in [0.25, 0.3) is 11.0 Å². The summed E-state index contributed by atoms with van der Waals surface area (Å²) in [5, 5.41) is 0. The fourth-order valence-electron chi connectivity index (χ4n) is 1.06. The summed E-state index contributed by atoms with van der Waals surface area (Å²) in [7, 11) is 0. The van der Waals surface area contributed by atoms with Crippen molar-refractivity contribution in [1.29, 1.82) is 0 Å². The molecule has 2 rings (SSSR count). The van der Waals surface area contributed by atoms with E-state index in [0.29, 0.717) is 11.1 Å². The molecular formula is C8H6FN2. The minimum atomic E-state index is -0.224. The molecular weight excluding hydrogens is 143 g/mol. The largest absolute Gasteiger partial charge is 0.335 e. The minimum Gasteiger partial charge on any atom is -0.335 e. The van der Waals surface area contributed by atoms with Crippen LogP contribution >= 0.6 is 0 Å². The first-order chi connectivity index (χ1) is 5.29. The third kappa shape index (κ3) is 0.808. The number of H-pyrrole nitrogens is 1. The summed E-state index contributed by atoms with van der Waals surface area (Å²) in [6.45, 7) is 1.70. The molecule has 1 heterocycles. The van der Waals surface area contributed by atoms with Gasteiger partial charge in [0, 0.05) is 5.56 Å². The molecule has 0 spiro atoms. The number of aryl methyl sites for hydroxylation is 1. The maximum Gasteiger partial charge on any atom is 0.174 e. The highest BCUT2D eigenvalue weighted by Crippen LogP contribution is 2.16. The summed E-state index contributed by atoms with van der Waals surface area (Å²) in [6, 6.07) is 3.07. The van der Waals surface area contributed by atoms with Crippen LogP contribution in [-0.2, 0) is 0 Å². The molecule has 1 aromatic heterocycles. The first-order valence-electron chi connectivity index (χ1n) is 3.30. The highest BCUT2D eigenvalue weighted by molar-refractivity contribution is 5.77. The summed E-state index contributed by atoms with van der Waals surface area (Å²) in [5.41, 5.74) is 2.05. The van der Waals surface area contributed by atoms with Crippen molar-refractivity contribution in [2.75, 3.05) is 0 Å². The number of rotatable bonds is 0. The van der Waals surface area contributed by atoms with E-state index in [0.717, 1.165) is 5.52 Å². The number of nitrogens with zero attached hydrogens (tertiary/aromatic N) is 1. The summed E-state index contributed by atoms with van der Waals surface area (Å²) < 4.78 is 12.9. The molecule has 0 aliphatic heterocycles. The van der Waals surface area contributed by atoms with Gasteiger partial charge in [-0.1, -0.05) is 0 Å². The Morgan fingerprint density at radius 3 is 3.18 bits per heavy atom. The molecule has 3 heteroatoms. The van der Waals surface area contributed by atoms with Crippen LogP contribution in [0.15, 0.2) is 12.1 Å². The van der Waals surface area contributed by atoms with E-state index in [1.54, 1.807) is 13.0 Å². The summed E-state index contributed by atoms with van der Waals surface area (Å²) >= 11 is 0. The molecule has 0 aliphatic carbocycles. The predicted molar refractivity (Wildman–Crippen MR) is 39.6 cm³/mol. The zero-order valence-electron chi connectivity index (χ0n) is 5.98. The molecule has 11 heavy (non-hydrogen) atoms. The van der Waals surface area contributed by atoms with E-state index in [9.17, 15) is 4.39 Å².